The molecule has 156 valence electrons. The van der Waals surface area contributed by atoms with Gasteiger partial charge in [0.15, 0.2) is 5.76 Å². The summed E-state index contributed by atoms with van der Waals surface area (Å²) in [5.74, 6) is 0.650. The van der Waals surface area contributed by atoms with Crippen LogP contribution in [-0.4, -0.2) is 23.5 Å². The first-order chi connectivity index (χ1) is 14.2. The molecule has 1 aliphatic rings. The Kier molecular flexibility index (Phi) is 5.11. The SMILES string of the molecule is CC1Cc2cc(-c3cc(CC(=O)Nc4ccc(OC(F)(F)F)cc4)no3)ccc2O1. The molecule has 1 N–H and O–H groups in total. The molecule has 1 amide bonds. The van der Waals surface area contributed by atoms with Crippen LogP contribution in [0, 0.1) is 0 Å². The number of nitrogens with zero attached hydrogens (tertiary/aromatic N) is 1. The number of fused-ring (bicyclic) bond motifs is 1. The van der Waals surface area contributed by atoms with Gasteiger partial charge in [-0.25, -0.2) is 0 Å². The van der Waals surface area contributed by atoms with Crippen LogP contribution in [0.15, 0.2) is 53.1 Å². The van der Waals surface area contributed by atoms with Crippen molar-refractivity contribution in [3.63, 3.8) is 0 Å². The molecule has 0 fully saturated rings. The largest absolute Gasteiger partial charge is 0.573 e. The molecule has 1 unspecified atom stereocenters. The predicted octanol–water partition coefficient (Wildman–Crippen LogP) is 4.74. The van der Waals surface area contributed by atoms with Gasteiger partial charge in [-0.15, -0.1) is 13.2 Å². The average Bonchev–Trinajstić information content (AvgIpc) is 3.26. The lowest BCUT2D eigenvalue weighted by Crippen LogP contribution is -2.17. The number of rotatable bonds is 5. The Bertz CT molecular complexity index is 1060. The van der Waals surface area contributed by atoms with Gasteiger partial charge in [-0.1, -0.05) is 5.16 Å². The summed E-state index contributed by atoms with van der Waals surface area (Å²) in [7, 11) is 0. The van der Waals surface area contributed by atoms with Gasteiger partial charge in [0, 0.05) is 23.7 Å². The minimum Gasteiger partial charge on any atom is -0.490 e. The molecule has 2 aromatic carbocycles. The zero-order valence-electron chi connectivity index (χ0n) is 15.8. The van der Waals surface area contributed by atoms with E-state index in [0.29, 0.717) is 17.1 Å². The standard InChI is InChI=1S/C21H17F3N2O4/c1-12-8-14-9-13(2-7-18(14)28-12)19-10-16(26-30-19)11-20(27)25-15-3-5-17(6-4-15)29-21(22,23)24/h2-7,9-10,12H,8,11H2,1H3,(H,25,27). The molecule has 4 rings (SSSR count). The van der Waals surface area contributed by atoms with Gasteiger partial charge in [0.2, 0.25) is 5.91 Å². The van der Waals surface area contributed by atoms with E-state index in [4.69, 9.17) is 9.26 Å². The van der Waals surface area contributed by atoms with Crippen molar-refractivity contribution in [3.8, 4) is 22.8 Å². The summed E-state index contributed by atoms with van der Waals surface area (Å²) in [6.45, 7) is 2.00. The number of ether oxygens (including phenoxy) is 2. The van der Waals surface area contributed by atoms with Crippen molar-refractivity contribution in [1.29, 1.82) is 0 Å². The molecule has 0 bridgehead atoms. The number of anilines is 1. The monoisotopic (exact) mass is 418 g/mol. The summed E-state index contributed by atoms with van der Waals surface area (Å²) < 4.78 is 51.4. The highest BCUT2D eigenvalue weighted by atomic mass is 19.4. The number of alkyl halides is 3. The Morgan fingerprint density at radius 2 is 1.97 bits per heavy atom. The molecule has 2 heterocycles. The fraction of sp³-hybridized carbons (Fsp3) is 0.238. The first-order valence-electron chi connectivity index (χ1n) is 9.16. The summed E-state index contributed by atoms with van der Waals surface area (Å²) >= 11 is 0. The van der Waals surface area contributed by atoms with Crippen LogP contribution in [0.1, 0.15) is 18.2 Å². The lowest BCUT2D eigenvalue weighted by atomic mass is 10.1. The van der Waals surface area contributed by atoms with E-state index in [2.05, 4.69) is 15.2 Å². The van der Waals surface area contributed by atoms with Crippen LogP contribution < -0.4 is 14.8 Å². The number of aromatic nitrogens is 1. The highest BCUT2D eigenvalue weighted by Crippen LogP contribution is 2.33. The number of benzene rings is 2. The van der Waals surface area contributed by atoms with Crippen molar-refractivity contribution >= 4 is 11.6 Å². The fourth-order valence-electron chi connectivity index (χ4n) is 3.22. The van der Waals surface area contributed by atoms with Crippen LogP contribution in [0.2, 0.25) is 0 Å². The van der Waals surface area contributed by atoms with E-state index in [-0.39, 0.29) is 24.2 Å². The Labute approximate surface area is 169 Å². The van der Waals surface area contributed by atoms with Gasteiger partial charge >= 0.3 is 6.36 Å². The van der Waals surface area contributed by atoms with Gasteiger partial charge in [0.1, 0.15) is 17.6 Å². The number of carbonyl (C=O) groups excluding carboxylic acids is 1. The van der Waals surface area contributed by atoms with Crippen LogP contribution >= 0.6 is 0 Å². The lowest BCUT2D eigenvalue weighted by Gasteiger charge is -2.09. The third-order valence-corrected chi connectivity index (χ3v) is 4.45. The van der Waals surface area contributed by atoms with Crippen molar-refractivity contribution < 1.29 is 32.0 Å². The number of hydrogen-bond acceptors (Lipinski definition) is 5. The van der Waals surface area contributed by atoms with E-state index in [1.807, 2.05) is 25.1 Å². The smallest absolute Gasteiger partial charge is 0.490 e. The molecule has 0 aliphatic carbocycles. The van der Waals surface area contributed by atoms with E-state index in [0.717, 1.165) is 35.4 Å². The van der Waals surface area contributed by atoms with E-state index >= 15 is 0 Å². The van der Waals surface area contributed by atoms with Gasteiger partial charge < -0.3 is 19.3 Å². The third kappa shape index (κ3) is 4.73. The lowest BCUT2D eigenvalue weighted by molar-refractivity contribution is -0.274. The molecular formula is C21H17F3N2O4. The van der Waals surface area contributed by atoms with E-state index < -0.39 is 6.36 Å². The average molecular weight is 418 g/mol. The van der Waals surface area contributed by atoms with Crippen LogP contribution in [0.25, 0.3) is 11.3 Å². The molecule has 0 radical (unpaired) electrons. The van der Waals surface area contributed by atoms with E-state index in [9.17, 15) is 18.0 Å². The number of nitrogens with one attached hydrogen (secondary N) is 1. The predicted molar refractivity (Wildman–Crippen MR) is 101 cm³/mol. The van der Waals surface area contributed by atoms with E-state index in [1.54, 1.807) is 6.07 Å². The second kappa shape index (κ2) is 7.74. The van der Waals surface area contributed by atoms with Crippen LogP contribution in [0.4, 0.5) is 18.9 Å². The molecule has 1 aromatic heterocycles. The fourth-order valence-corrected chi connectivity index (χ4v) is 3.22. The van der Waals surface area contributed by atoms with Crippen molar-refractivity contribution in [1.82, 2.24) is 5.16 Å². The van der Waals surface area contributed by atoms with Gasteiger partial charge in [-0.05, 0) is 55.0 Å². The Morgan fingerprint density at radius 1 is 1.20 bits per heavy atom. The molecule has 0 spiro atoms. The molecule has 3 aromatic rings. The number of hydrogen-bond donors (Lipinski definition) is 1. The second-order valence-corrected chi connectivity index (χ2v) is 6.93. The number of amides is 1. The minimum atomic E-state index is -4.76. The van der Waals surface area contributed by atoms with Crippen LogP contribution in [0.3, 0.4) is 0 Å². The number of halogens is 3. The molecule has 9 heteroatoms. The highest BCUT2D eigenvalue weighted by molar-refractivity contribution is 5.92. The Hall–Kier alpha value is -3.49. The summed E-state index contributed by atoms with van der Waals surface area (Å²) in [6, 6.07) is 12.3. The van der Waals surface area contributed by atoms with Crippen molar-refractivity contribution in [2.75, 3.05) is 5.32 Å². The molecule has 1 atom stereocenters. The maximum Gasteiger partial charge on any atom is 0.573 e. The molecule has 6 nitrogen and oxygen atoms in total. The second-order valence-electron chi connectivity index (χ2n) is 6.93. The normalized spacial score (nSPS) is 15.4. The summed E-state index contributed by atoms with van der Waals surface area (Å²) in [4.78, 5) is 12.2. The zero-order chi connectivity index (χ0) is 21.3. The Balaban J connectivity index is 1.37. The summed E-state index contributed by atoms with van der Waals surface area (Å²) in [6.07, 6.45) is -3.85. The molecule has 0 saturated carbocycles. The van der Waals surface area contributed by atoms with Gasteiger partial charge in [0.05, 0.1) is 12.1 Å². The third-order valence-electron chi connectivity index (χ3n) is 4.45. The summed E-state index contributed by atoms with van der Waals surface area (Å²) in [5, 5.41) is 6.52. The highest BCUT2D eigenvalue weighted by Gasteiger charge is 2.31. The molecule has 1 aliphatic heterocycles. The summed E-state index contributed by atoms with van der Waals surface area (Å²) in [5.41, 5.74) is 2.70. The first-order valence-corrected chi connectivity index (χ1v) is 9.16. The van der Waals surface area contributed by atoms with Crippen molar-refractivity contribution in [2.45, 2.75) is 32.2 Å². The zero-order valence-corrected chi connectivity index (χ0v) is 15.8. The Morgan fingerprint density at radius 3 is 2.70 bits per heavy atom. The van der Waals surface area contributed by atoms with Crippen LogP contribution in [0.5, 0.6) is 11.5 Å². The van der Waals surface area contributed by atoms with Gasteiger partial charge in [-0.2, -0.15) is 0 Å². The topological polar surface area (TPSA) is 73.6 Å². The number of carbonyl (C=O) groups is 1. The molecule has 0 saturated heterocycles. The maximum atomic E-state index is 12.2. The van der Waals surface area contributed by atoms with E-state index in [1.165, 1.54) is 12.1 Å². The molecular weight excluding hydrogens is 401 g/mol. The van der Waals surface area contributed by atoms with Crippen LogP contribution in [-0.2, 0) is 17.6 Å². The van der Waals surface area contributed by atoms with Gasteiger partial charge in [-0.3, -0.25) is 4.79 Å². The maximum absolute atomic E-state index is 12.2. The quantitative estimate of drug-likeness (QED) is 0.648. The van der Waals surface area contributed by atoms with Gasteiger partial charge in [0.25, 0.3) is 0 Å². The molecule has 30 heavy (non-hydrogen) atoms. The van der Waals surface area contributed by atoms with Crippen molar-refractivity contribution in [2.24, 2.45) is 0 Å². The first kappa shape index (κ1) is 19.8. The minimum absolute atomic E-state index is 0.0462. The van der Waals surface area contributed by atoms with Crippen molar-refractivity contribution in [3.05, 3.63) is 59.8 Å².